The summed E-state index contributed by atoms with van der Waals surface area (Å²) >= 11 is 5.85. The van der Waals surface area contributed by atoms with Gasteiger partial charge in [0.1, 0.15) is 0 Å². The topological polar surface area (TPSA) is 50.2 Å². The summed E-state index contributed by atoms with van der Waals surface area (Å²) in [5.41, 5.74) is 0.936. The third-order valence-corrected chi connectivity index (χ3v) is 2.62. The minimum atomic E-state index is -1.02. The second kappa shape index (κ2) is 3.51. The van der Waals surface area contributed by atoms with Gasteiger partial charge in [-0.3, -0.25) is 4.98 Å². The molecule has 15 heavy (non-hydrogen) atoms. The Bertz CT molecular complexity index is 552. The first-order valence-electron chi connectivity index (χ1n) is 4.38. The average Bonchev–Trinajstić information content (AvgIpc) is 2.17. The van der Waals surface area contributed by atoms with Crippen LogP contribution in [-0.4, -0.2) is 16.1 Å². The van der Waals surface area contributed by atoms with Crippen LogP contribution in [-0.2, 0) is 0 Å². The maximum atomic E-state index is 11.0. The Kier molecular flexibility index (Phi) is 2.32. The zero-order chi connectivity index (χ0) is 11.0. The van der Waals surface area contributed by atoms with Crippen molar-refractivity contribution in [3.05, 3.63) is 40.7 Å². The molecule has 0 atom stereocenters. The Morgan fingerprint density at radius 1 is 1.33 bits per heavy atom. The Balaban J connectivity index is 2.94. The number of fused-ring (bicyclic) bond motifs is 1. The van der Waals surface area contributed by atoms with Gasteiger partial charge in [-0.15, -0.1) is 0 Å². The van der Waals surface area contributed by atoms with E-state index in [1.54, 1.807) is 24.4 Å². The molecule has 76 valence electrons. The van der Waals surface area contributed by atoms with Gasteiger partial charge in [-0.2, -0.15) is 0 Å². The SMILES string of the molecule is Cc1nccc2c(C(=O)O)c(Cl)ccc12. The first kappa shape index (κ1) is 9.93. The van der Waals surface area contributed by atoms with Gasteiger partial charge < -0.3 is 5.11 Å². The van der Waals surface area contributed by atoms with Crippen molar-refractivity contribution in [1.82, 2.24) is 4.98 Å². The number of aromatic nitrogens is 1. The Hall–Kier alpha value is -1.61. The van der Waals surface area contributed by atoms with Crippen molar-refractivity contribution in [2.75, 3.05) is 0 Å². The van der Waals surface area contributed by atoms with Crippen molar-refractivity contribution in [1.29, 1.82) is 0 Å². The molecule has 2 rings (SSSR count). The number of hydrogen-bond donors (Lipinski definition) is 1. The molecule has 0 fully saturated rings. The van der Waals surface area contributed by atoms with E-state index in [9.17, 15) is 4.79 Å². The zero-order valence-corrected chi connectivity index (χ0v) is 8.75. The van der Waals surface area contributed by atoms with Crippen LogP contribution in [0, 0.1) is 6.92 Å². The van der Waals surface area contributed by atoms with E-state index in [-0.39, 0.29) is 10.6 Å². The molecule has 0 aliphatic heterocycles. The fourth-order valence-corrected chi connectivity index (χ4v) is 1.84. The largest absolute Gasteiger partial charge is 0.478 e. The summed E-state index contributed by atoms with van der Waals surface area (Å²) in [5, 5.41) is 10.7. The summed E-state index contributed by atoms with van der Waals surface area (Å²) in [6.07, 6.45) is 1.58. The monoisotopic (exact) mass is 221 g/mol. The smallest absolute Gasteiger partial charge is 0.337 e. The lowest BCUT2D eigenvalue weighted by Gasteiger charge is -2.05. The lowest BCUT2D eigenvalue weighted by molar-refractivity contribution is 0.0699. The van der Waals surface area contributed by atoms with Crippen molar-refractivity contribution in [3.8, 4) is 0 Å². The molecule has 0 bridgehead atoms. The van der Waals surface area contributed by atoms with Gasteiger partial charge in [0.2, 0.25) is 0 Å². The number of hydrogen-bond acceptors (Lipinski definition) is 2. The fourth-order valence-electron chi connectivity index (χ4n) is 1.59. The van der Waals surface area contributed by atoms with E-state index < -0.39 is 5.97 Å². The Morgan fingerprint density at radius 2 is 2.07 bits per heavy atom. The van der Waals surface area contributed by atoms with Crippen LogP contribution in [0.15, 0.2) is 24.4 Å². The molecule has 0 radical (unpaired) electrons. The van der Waals surface area contributed by atoms with Crippen molar-refractivity contribution in [3.63, 3.8) is 0 Å². The van der Waals surface area contributed by atoms with Crippen LogP contribution in [0.5, 0.6) is 0 Å². The summed E-state index contributed by atoms with van der Waals surface area (Å²) in [6.45, 7) is 1.84. The van der Waals surface area contributed by atoms with Crippen molar-refractivity contribution in [2.45, 2.75) is 6.92 Å². The summed E-state index contributed by atoms with van der Waals surface area (Å²) < 4.78 is 0. The van der Waals surface area contributed by atoms with Gasteiger partial charge in [0.15, 0.2) is 0 Å². The standard InChI is InChI=1S/C11H8ClNO2/c1-6-7-2-3-9(12)10(11(14)15)8(7)4-5-13-6/h2-5H,1H3,(H,14,15). The number of rotatable bonds is 1. The summed E-state index contributed by atoms with van der Waals surface area (Å²) in [4.78, 5) is 15.1. The van der Waals surface area contributed by atoms with Crippen LogP contribution in [0.2, 0.25) is 5.02 Å². The van der Waals surface area contributed by atoms with Gasteiger partial charge >= 0.3 is 5.97 Å². The first-order valence-corrected chi connectivity index (χ1v) is 4.76. The molecule has 4 heteroatoms. The fraction of sp³-hybridized carbons (Fsp3) is 0.0909. The molecule has 0 spiro atoms. The lowest BCUT2D eigenvalue weighted by atomic mass is 10.0. The van der Waals surface area contributed by atoms with Crippen molar-refractivity contribution >= 4 is 28.3 Å². The highest BCUT2D eigenvalue weighted by Gasteiger charge is 2.13. The molecule has 0 saturated carbocycles. The molecule has 0 amide bonds. The summed E-state index contributed by atoms with van der Waals surface area (Å²) in [7, 11) is 0. The molecule has 1 aromatic heterocycles. The van der Waals surface area contributed by atoms with Gasteiger partial charge in [-0.1, -0.05) is 17.7 Å². The zero-order valence-electron chi connectivity index (χ0n) is 7.99. The second-order valence-electron chi connectivity index (χ2n) is 3.22. The van der Waals surface area contributed by atoms with Gasteiger partial charge in [0.05, 0.1) is 10.6 Å². The first-order chi connectivity index (χ1) is 7.11. The van der Waals surface area contributed by atoms with Gasteiger partial charge in [-0.05, 0) is 19.1 Å². The molecule has 3 nitrogen and oxygen atoms in total. The molecule has 0 aliphatic rings. The van der Waals surface area contributed by atoms with E-state index in [2.05, 4.69) is 4.98 Å². The predicted molar refractivity (Wildman–Crippen MR) is 58.4 cm³/mol. The van der Waals surface area contributed by atoms with Crippen LogP contribution in [0.3, 0.4) is 0 Å². The van der Waals surface area contributed by atoms with Gasteiger partial charge in [0.25, 0.3) is 0 Å². The number of carboxylic acids is 1. The Labute approximate surface area is 91.3 Å². The number of aryl methyl sites for hydroxylation is 1. The molecular formula is C11H8ClNO2. The number of halogens is 1. The predicted octanol–water partition coefficient (Wildman–Crippen LogP) is 2.89. The molecule has 0 unspecified atom stereocenters. The van der Waals surface area contributed by atoms with Gasteiger partial charge in [0, 0.05) is 22.7 Å². The van der Waals surface area contributed by atoms with Gasteiger partial charge in [-0.25, -0.2) is 4.79 Å². The molecule has 0 aliphatic carbocycles. The minimum Gasteiger partial charge on any atom is -0.478 e. The van der Waals surface area contributed by atoms with Crippen LogP contribution in [0.1, 0.15) is 16.1 Å². The summed E-state index contributed by atoms with van der Waals surface area (Å²) in [6, 6.07) is 5.03. The highest BCUT2D eigenvalue weighted by molar-refractivity contribution is 6.35. The molecule has 1 heterocycles. The number of nitrogens with zero attached hydrogens (tertiary/aromatic N) is 1. The second-order valence-corrected chi connectivity index (χ2v) is 3.63. The quantitative estimate of drug-likeness (QED) is 0.806. The minimum absolute atomic E-state index is 0.139. The van der Waals surface area contributed by atoms with Crippen LogP contribution in [0.25, 0.3) is 10.8 Å². The van der Waals surface area contributed by atoms with E-state index in [4.69, 9.17) is 16.7 Å². The van der Waals surface area contributed by atoms with E-state index in [1.165, 1.54) is 0 Å². The lowest BCUT2D eigenvalue weighted by Crippen LogP contribution is -1.99. The number of carboxylic acid groups (broad SMARTS) is 1. The maximum Gasteiger partial charge on any atom is 0.337 e. The third kappa shape index (κ3) is 1.55. The summed E-state index contributed by atoms with van der Waals surface area (Å²) in [5.74, 6) is -1.02. The van der Waals surface area contributed by atoms with E-state index in [0.717, 1.165) is 11.1 Å². The molecule has 2 aromatic rings. The normalized spacial score (nSPS) is 10.5. The number of pyridine rings is 1. The van der Waals surface area contributed by atoms with E-state index >= 15 is 0 Å². The average molecular weight is 222 g/mol. The maximum absolute atomic E-state index is 11.0. The Morgan fingerprint density at radius 3 is 2.73 bits per heavy atom. The highest BCUT2D eigenvalue weighted by atomic mass is 35.5. The van der Waals surface area contributed by atoms with Crippen LogP contribution >= 0.6 is 11.6 Å². The van der Waals surface area contributed by atoms with Crippen LogP contribution in [0.4, 0.5) is 0 Å². The molecule has 1 N–H and O–H groups in total. The van der Waals surface area contributed by atoms with Crippen molar-refractivity contribution < 1.29 is 9.90 Å². The van der Waals surface area contributed by atoms with E-state index in [1.807, 2.05) is 6.92 Å². The van der Waals surface area contributed by atoms with Crippen molar-refractivity contribution in [2.24, 2.45) is 0 Å². The molecule has 0 saturated heterocycles. The van der Waals surface area contributed by atoms with E-state index in [0.29, 0.717) is 5.39 Å². The number of carbonyl (C=O) groups is 1. The van der Waals surface area contributed by atoms with Crippen LogP contribution < -0.4 is 0 Å². The number of aromatic carboxylic acids is 1. The number of benzene rings is 1. The highest BCUT2D eigenvalue weighted by Crippen LogP contribution is 2.27. The third-order valence-electron chi connectivity index (χ3n) is 2.31. The molecule has 1 aromatic carbocycles. The molecular weight excluding hydrogens is 214 g/mol.